The van der Waals surface area contributed by atoms with E-state index >= 15 is 0 Å². The second kappa shape index (κ2) is 6.45. The molecule has 3 N–H and O–H groups in total. The van der Waals surface area contributed by atoms with E-state index in [1.165, 1.54) is 31.3 Å². The SMILES string of the molecule is CNS(=O)(=O)c1ccc(C(=O)NC(CC2CC2)C(=O)O)cc1. The molecule has 0 saturated heterocycles. The van der Waals surface area contributed by atoms with Gasteiger partial charge in [-0.3, -0.25) is 4.79 Å². The lowest BCUT2D eigenvalue weighted by Crippen LogP contribution is -2.41. The van der Waals surface area contributed by atoms with E-state index in [-0.39, 0.29) is 10.5 Å². The Kier molecular flexibility index (Phi) is 4.82. The lowest BCUT2D eigenvalue weighted by molar-refractivity contribution is -0.139. The highest BCUT2D eigenvalue weighted by molar-refractivity contribution is 7.89. The Balaban J connectivity index is 2.07. The van der Waals surface area contributed by atoms with Crippen molar-refractivity contribution in [3.63, 3.8) is 0 Å². The molecule has 0 aromatic heterocycles. The van der Waals surface area contributed by atoms with E-state index < -0.39 is 27.9 Å². The molecular formula is C14H18N2O5S. The third-order valence-electron chi connectivity index (χ3n) is 3.56. The number of carboxylic acids is 1. The molecule has 0 heterocycles. The highest BCUT2D eigenvalue weighted by Crippen LogP contribution is 2.33. The summed E-state index contributed by atoms with van der Waals surface area (Å²) in [5.74, 6) is -1.22. The fraction of sp³-hybridized carbons (Fsp3) is 0.429. The number of rotatable bonds is 7. The molecule has 1 unspecified atom stereocenters. The summed E-state index contributed by atoms with van der Waals surface area (Å²) in [7, 11) is -2.26. The summed E-state index contributed by atoms with van der Waals surface area (Å²) in [4.78, 5) is 23.2. The summed E-state index contributed by atoms with van der Waals surface area (Å²) >= 11 is 0. The number of aliphatic carboxylic acids is 1. The van der Waals surface area contributed by atoms with Crippen LogP contribution in [0.4, 0.5) is 0 Å². The third-order valence-corrected chi connectivity index (χ3v) is 5.00. The Bertz CT molecular complexity index is 665. The standard InChI is InChI=1S/C14H18N2O5S/c1-15-22(20,21)11-6-4-10(5-7-11)13(17)16-12(14(18)19)8-9-2-3-9/h4-7,9,12,15H,2-3,8H2,1H3,(H,16,17)(H,18,19). The van der Waals surface area contributed by atoms with Gasteiger partial charge in [-0.15, -0.1) is 0 Å². The molecule has 1 saturated carbocycles. The molecule has 0 aliphatic heterocycles. The van der Waals surface area contributed by atoms with E-state index in [1.807, 2.05) is 0 Å². The number of nitrogens with one attached hydrogen (secondary N) is 2. The molecule has 2 rings (SSSR count). The van der Waals surface area contributed by atoms with Gasteiger partial charge in [-0.1, -0.05) is 12.8 Å². The van der Waals surface area contributed by atoms with Gasteiger partial charge in [0.2, 0.25) is 10.0 Å². The first kappa shape index (κ1) is 16.4. The predicted octanol–water partition coefficient (Wildman–Crippen LogP) is 0.578. The largest absolute Gasteiger partial charge is 0.480 e. The van der Waals surface area contributed by atoms with E-state index in [2.05, 4.69) is 10.0 Å². The minimum atomic E-state index is -3.56. The maximum absolute atomic E-state index is 12.1. The molecule has 0 spiro atoms. The first-order valence-corrected chi connectivity index (χ1v) is 8.39. The summed E-state index contributed by atoms with van der Waals surface area (Å²) in [6.07, 6.45) is 2.42. The van der Waals surface area contributed by atoms with Crippen LogP contribution in [0.5, 0.6) is 0 Å². The second-order valence-electron chi connectivity index (χ2n) is 5.28. The Hall–Kier alpha value is -1.93. The first-order valence-electron chi connectivity index (χ1n) is 6.91. The molecule has 22 heavy (non-hydrogen) atoms. The summed E-state index contributed by atoms with van der Waals surface area (Å²) in [6.45, 7) is 0. The molecule has 7 nitrogen and oxygen atoms in total. The maximum Gasteiger partial charge on any atom is 0.326 e. The van der Waals surface area contributed by atoms with Crippen molar-refractivity contribution in [2.45, 2.75) is 30.2 Å². The lowest BCUT2D eigenvalue weighted by atomic mass is 10.1. The number of carbonyl (C=O) groups is 2. The molecule has 8 heteroatoms. The van der Waals surface area contributed by atoms with Crippen LogP contribution in [0, 0.1) is 5.92 Å². The Morgan fingerprint density at radius 3 is 2.32 bits per heavy atom. The Morgan fingerprint density at radius 2 is 1.86 bits per heavy atom. The van der Waals surface area contributed by atoms with Gasteiger partial charge in [0.25, 0.3) is 5.91 Å². The van der Waals surface area contributed by atoms with Crippen LogP contribution in [0.2, 0.25) is 0 Å². The number of benzene rings is 1. The highest BCUT2D eigenvalue weighted by atomic mass is 32.2. The van der Waals surface area contributed by atoms with Crippen molar-refractivity contribution in [3.05, 3.63) is 29.8 Å². The molecule has 1 atom stereocenters. The van der Waals surface area contributed by atoms with Crippen molar-refractivity contribution in [3.8, 4) is 0 Å². The number of carbonyl (C=O) groups excluding carboxylic acids is 1. The summed E-state index contributed by atoms with van der Waals surface area (Å²) < 4.78 is 25.4. The van der Waals surface area contributed by atoms with Gasteiger partial charge in [-0.25, -0.2) is 17.9 Å². The van der Waals surface area contributed by atoms with Gasteiger partial charge in [0.15, 0.2) is 0 Å². The Morgan fingerprint density at radius 1 is 1.27 bits per heavy atom. The van der Waals surface area contributed by atoms with E-state index in [0.717, 1.165) is 12.8 Å². The molecule has 120 valence electrons. The third kappa shape index (κ3) is 4.05. The normalized spacial score (nSPS) is 16.0. The van der Waals surface area contributed by atoms with Gasteiger partial charge in [0.1, 0.15) is 6.04 Å². The molecule has 1 aromatic carbocycles. The zero-order chi connectivity index (χ0) is 16.3. The average Bonchev–Trinajstić information content (AvgIpc) is 3.30. The van der Waals surface area contributed by atoms with Crippen molar-refractivity contribution in [1.82, 2.24) is 10.0 Å². The van der Waals surface area contributed by atoms with Gasteiger partial charge in [0.05, 0.1) is 4.90 Å². The van der Waals surface area contributed by atoms with Crippen LogP contribution in [-0.2, 0) is 14.8 Å². The van der Waals surface area contributed by atoms with Crippen LogP contribution < -0.4 is 10.0 Å². The summed E-state index contributed by atoms with van der Waals surface area (Å²) in [5, 5.41) is 11.6. The Labute approximate surface area is 128 Å². The fourth-order valence-electron chi connectivity index (χ4n) is 2.05. The van der Waals surface area contributed by atoms with Crippen LogP contribution in [-0.4, -0.2) is 38.5 Å². The second-order valence-corrected chi connectivity index (χ2v) is 7.16. The lowest BCUT2D eigenvalue weighted by Gasteiger charge is -2.14. The van der Waals surface area contributed by atoms with Crippen molar-refractivity contribution in [1.29, 1.82) is 0 Å². The van der Waals surface area contributed by atoms with Crippen LogP contribution >= 0.6 is 0 Å². The molecule has 0 bridgehead atoms. The minimum Gasteiger partial charge on any atom is -0.480 e. The first-order chi connectivity index (χ1) is 10.3. The molecule has 1 aliphatic carbocycles. The van der Waals surface area contributed by atoms with E-state index in [9.17, 15) is 18.0 Å². The zero-order valence-corrected chi connectivity index (χ0v) is 12.9. The van der Waals surface area contributed by atoms with Gasteiger partial charge >= 0.3 is 5.97 Å². The fourth-order valence-corrected chi connectivity index (χ4v) is 2.78. The van der Waals surface area contributed by atoms with E-state index in [1.54, 1.807) is 0 Å². The minimum absolute atomic E-state index is 0.0410. The van der Waals surface area contributed by atoms with Crippen molar-refractivity contribution in [2.75, 3.05) is 7.05 Å². The van der Waals surface area contributed by atoms with Crippen LogP contribution in [0.15, 0.2) is 29.2 Å². The molecular weight excluding hydrogens is 308 g/mol. The van der Waals surface area contributed by atoms with E-state index in [4.69, 9.17) is 5.11 Å². The van der Waals surface area contributed by atoms with Gasteiger partial charge < -0.3 is 10.4 Å². The van der Waals surface area contributed by atoms with Gasteiger partial charge in [-0.05, 0) is 43.7 Å². The van der Waals surface area contributed by atoms with Gasteiger partial charge in [-0.2, -0.15) is 0 Å². The predicted molar refractivity (Wildman–Crippen MR) is 78.9 cm³/mol. The molecule has 1 aliphatic rings. The number of carboxylic acid groups (broad SMARTS) is 1. The summed E-state index contributed by atoms with van der Waals surface area (Å²) in [6, 6.07) is 4.40. The topological polar surface area (TPSA) is 113 Å². The molecule has 0 radical (unpaired) electrons. The van der Waals surface area contributed by atoms with Crippen LogP contribution in [0.1, 0.15) is 29.6 Å². The number of sulfonamides is 1. The van der Waals surface area contributed by atoms with Gasteiger partial charge in [0, 0.05) is 5.56 Å². The number of amides is 1. The molecule has 1 fully saturated rings. The average molecular weight is 326 g/mol. The van der Waals surface area contributed by atoms with Crippen molar-refractivity contribution < 1.29 is 23.1 Å². The molecule has 1 aromatic rings. The van der Waals surface area contributed by atoms with Crippen molar-refractivity contribution in [2.24, 2.45) is 5.92 Å². The quantitative estimate of drug-likeness (QED) is 0.678. The maximum atomic E-state index is 12.1. The van der Waals surface area contributed by atoms with E-state index in [0.29, 0.717) is 12.3 Å². The molecule has 1 amide bonds. The summed E-state index contributed by atoms with van der Waals surface area (Å²) in [5.41, 5.74) is 0.220. The smallest absolute Gasteiger partial charge is 0.326 e. The highest BCUT2D eigenvalue weighted by Gasteiger charge is 2.30. The van der Waals surface area contributed by atoms with Crippen LogP contribution in [0.3, 0.4) is 0 Å². The zero-order valence-electron chi connectivity index (χ0n) is 12.1. The number of hydrogen-bond acceptors (Lipinski definition) is 4. The van der Waals surface area contributed by atoms with Crippen LogP contribution in [0.25, 0.3) is 0 Å². The van der Waals surface area contributed by atoms with Crippen molar-refractivity contribution >= 4 is 21.9 Å². The monoisotopic (exact) mass is 326 g/mol. The number of hydrogen-bond donors (Lipinski definition) is 3.